The van der Waals surface area contributed by atoms with E-state index in [1.165, 1.54) is 18.3 Å². The zero-order chi connectivity index (χ0) is 29.5. The smallest absolute Gasteiger partial charge is 0.417 e. The summed E-state index contributed by atoms with van der Waals surface area (Å²) in [6.45, 7) is 8.42. The van der Waals surface area contributed by atoms with Gasteiger partial charge in [-0.3, -0.25) is 4.79 Å². The van der Waals surface area contributed by atoms with Crippen molar-refractivity contribution in [2.24, 2.45) is 0 Å². The minimum Gasteiger partial charge on any atom is -0.464 e. The summed E-state index contributed by atoms with van der Waals surface area (Å²) in [5.41, 5.74) is 2.20. The van der Waals surface area contributed by atoms with Gasteiger partial charge in [-0.25, -0.2) is 19.1 Å². The molecular formula is C30H38FN7O3. The molecule has 1 fully saturated rings. The number of carbonyl (C=O) groups is 2. The van der Waals surface area contributed by atoms with Crippen molar-refractivity contribution in [2.45, 2.75) is 52.1 Å². The number of benzene rings is 2. The molecule has 0 saturated carbocycles. The van der Waals surface area contributed by atoms with Gasteiger partial charge in [-0.1, -0.05) is 19.1 Å². The quantitative estimate of drug-likeness (QED) is 0.310. The number of rotatable bonds is 10. The van der Waals surface area contributed by atoms with Crippen LogP contribution >= 0.6 is 0 Å². The molecule has 0 aliphatic carbocycles. The lowest BCUT2D eigenvalue weighted by atomic mass is 10.1. The molecule has 1 aliphatic heterocycles. The first kappa shape index (κ1) is 29.7. The molecule has 1 aliphatic rings. The number of aryl methyl sites for hydroxylation is 1. The molecule has 2 unspecified atom stereocenters. The van der Waals surface area contributed by atoms with Crippen LogP contribution in [0.3, 0.4) is 0 Å². The second kappa shape index (κ2) is 13.4. The van der Waals surface area contributed by atoms with Gasteiger partial charge in [-0.05, 0) is 69.6 Å². The standard InChI is InChI=1S/C30H38FN7O3/c1-5-20(2)33-28(39)12-9-22-7-6-8-24(17-22)38(30(40)41)27-13-14-32-29(35-27)34-23-10-11-26(25(31)18-23)37-16-15-36(4)21(3)19-37/h6-8,10-11,13-14,17-18,20-21H,5,9,12,15-16,19H2,1-4H3,(H,33,39)(H,40,41)(H,32,34,35). The Bertz CT molecular complexity index is 1370. The van der Waals surface area contributed by atoms with Crippen LogP contribution in [0.4, 0.5) is 38.0 Å². The zero-order valence-electron chi connectivity index (χ0n) is 24.0. The maximum absolute atomic E-state index is 15.1. The highest BCUT2D eigenvalue weighted by atomic mass is 19.1. The lowest BCUT2D eigenvalue weighted by molar-refractivity contribution is -0.121. The number of hydrogen-bond acceptors (Lipinski definition) is 7. The van der Waals surface area contributed by atoms with Crippen molar-refractivity contribution in [1.29, 1.82) is 0 Å². The lowest BCUT2D eigenvalue weighted by Gasteiger charge is -2.39. The molecule has 0 bridgehead atoms. The van der Waals surface area contributed by atoms with E-state index in [0.717, 1.165) is 36.5 Å². The van der Waals surface area contributed by atoms with Gasteiger partial charge < -0.3 is 25.5 Å². The summed E-state index contributed by atoms with van der Waals surface area (Å²) in [7, 11) is 2.07. The molecule has 11 heteroatoms. The zero-order valence-corrected chi connectivity index (χ0v) is 24.0. The molecule has 3 aromatic rings. The number of likely N-dealkylation sites (N-methyl/N-ethyl adjacent to an activating group) is 1. The fourth-order valence-corrected chi connectivity index (χ4v) is 4.67. The van der Waals surface area contributed by atoms with Gasteiger partial charge >= 0.3 is 6.09 Å². The van der Waals surface area contributed by atoms with Crippen LogP contribution in [0, 0.1) is 5.82 Å². The summed E-state index contributed by atoms with van der Waals surface area (Å²) in [6, 6.07) is 13.8. The van der Waals surface area contributed by atoms with Gasteiger partial charge in [0, 0.05) is 56.1 Å². The number of piperazine rings is 1. The molecule has 2 heterocycles. The Balaban J connectivity index is 1.48. The molecule has 2 aromatic carbocycles. The molecule has 0 radical (unpaired) electrons. The molecular weight excluding hydrogens is 525 g/mol. The van der Waals surface area contributed by atoms with Crippen LogP contribution in [-0.4, -0.2) is 70.7 Å². The lowest BCUT2D eigenvalue weighted by Crippen LogP contribution is -2.50. The predicted molar refractivity (Wildman–Crippen MR) is 159 cm³/mol. The molecule has 2 atom stereocenters. The number of anilines is 5. The number of carbonyl (C=O) groups excluding carboxylic acids is 1. The highest BCUT2D eigenvalue weighted by Gasteiger charge is 2.23. The fourth-order valence-electron chi connectivity index (χ4n) is 4.67. The van der Waals surface area contributed by atoms with Crippen LogP contribution in [0.1, 0.15) is 39.2 Å². The molecule has 1 aromatic heterocycles. The maximum Gasteiger partial charge on any atom is 0.417 e. The van der Waals surface area contributed by atoms with Crippen LogP contribution < -0.4 is 20.4 Å². The third kappa shape index (κ3) is 7.69. The fraction of sp³-hybridized carbons (Fsp3) is 0.400. The number of amides is 2. The summed E-state index contributed by atoms with van der Waals surface area (Å²) in [4.78, 5) is 38.4. The van der Waals surface area contributed by atoms with Gasteiger partial charge in [0.15, 0.2) is 0 Å². The first-order chi connectivity index (χ1) is 19.6. The monoisotopic (exact) mass is 563 g/mol. The minimum absolute atomic E-state index is 0.0473. The van der Waals surface area contributed by atoms with Crippen molar-refractivity contribution in [2.75, 3.05) is 41.8 Å². The molecule has 41 heavy (non-hydrogen) atoms. The van der Waals surface area contributed by atoms with Crippen molar-refractivity contribution < 1.29 is 19.1 Å². The third-order valence-electron chi connectivity index (χ3n) is 7.39. The molecule has 0 spiro atoms. The van der Waals surface area contributed by atoms with Crippen LogP contribution in [-0.2, 0) is 11.2 Å². The Morgan fingerprint density at radius 3 is 2.71 bits per heavy atom. The van der Waals surface area contributed by atoms with Gasteiger partial charge in [0.05, 0.1) is 11.4 Å². The van der Waals surface area contributed by atoms with Crippen molar-refractivity contribution in [1.82, 2.24) is 20.2 Å². The Hall–Kier alpha value is -4.25. The first-order valence-electron chi connectivity index (χ1n) is 13.9. The van der Waals surface area contributed by atoms with E-state index in [0.29, 0.717) is 35.9 Å². The third-order valence-corrected chi connectivity index (χ3v) is 7.39. The normalized spacial score (nSPS) is 16.2. The topological polar surface area (TPSA) is 114 Å². The first-order valence-corrected chi connectivity index (χ1v) is 13.9. The van der Waals surface area contributed by atoms with Crippen LogP contribution in [0.25, 0.3) is 0 Å². The number of nitrogens with one attached hydrogen (secondary N) is 2. The number of halogens is 1. The summed E-state index contributed by atoms with van der Waals surface area (Å²) < 4.78 is 15.1. The van der Waals surface area contributed by atoms with E-state index in [2.05, 4.69) is 39.5 Å². The minimum atomic E-state index is -1.22. The Kier molecular flexibility index (Phi) is 9.72. The number of carboxylic acid groups (broad SMARTS) is 1. The molecule has 2 amide bonds. The summed E-state index contributed by atoms with van der Waals surface area (Å²) in [5, 5.41) is 16.0. The van der Waals surface area contributed by atoms with Gasteiger partial charge in [0.25, 0.3) is 0 Å². The second-order valence-electron chi connectivity index (χ2n) is 10.5. The Morgan fingerprint density at radius 1 is 1.20 bits per heavy atom. The summed E-state index contributed by atoms with van der Waals surface area (Å²) >= 11 is 0. The van der Waals surface area contributed by atoms with Gasteiger partial charge in [-0.15, -0.1) is 0 Å². The van der Waals surface area contributed by atoms with Crippen molar-refractivity contribution in [3.05, 3.63) is 66.1 Å². The second-order valence-corrected chi connectivity index (χ2v) is 10.5. The van der Waals surface area contributed by atoms with E-state index >= 15 is 4.39 Å². The van der Waals surface area contributed by atoms with Crippen LogP contribution in [0.15, 0.2) is 54.7 Å². The predicted octanol–water partition coefficient (Wildman–Crippen LogP) is 5.16. The van der Waals surface area contributed by atoms with Crippen molar-refractivity contribution >= 4 is 40.8 Å². The van der Waals surface area contributed by atoms with E-state index in [1.807, 2.05) is 24.8 Å². The van der Waals surface area contributed by atoms with Gasteiger partial charge in [0.1, 0.15) is 11.6 Å². The van der Waals surface area contributed by atoms with Crippen molar-refractivity contribution in [3.8, 4) is 0 Å². The molecule has 3 N–H and O–H groups in total. The number of aromatic nitrogens is 2. The van der Waals surface area contributed by atoms with E-state index in [4.69, 9.17) is 0 Å². The maximum atomic E-state index is 15.1. The van der Waals surface area contributed by atoms with Gasteiger partial charge in [0.2, 0.25) is 11.9 Å². The highest BCUT2D eigenvalue weighted by molar-refractivity contribution is 5.93. The molecule has 218 valence electrons. The van der Waals surface area contributed by atoms with E-state index < -0.39 is 6.09 Å². The average molecular weight is 564 g/mol. The Labute approximate surface area is 240 Å². The summed E-state index contributed by atoms with van der Waals surface area (Å²) in [5.74, 6) is -0.143. The average Bonchev–Trinajstić information content (AvgIpc) is 2.94. The Morgan fingerprint density at radius 2 is 2.00 bits per heavy atom. The largest absolute Gasteiger partial charge is 0.464 e. The van der Waals surface area contributed by atoms with E-state index in [-0.39, 0.29) is 29.5 Å². The number of hydrogen-bond donors (Lipinski definition) is 3. The van der Waals surface area contributed by atoms with Crippen molar-refractivity contribution in [3.63, 3.8) is 0 Å². The SMILES string of the molecule is CCC(C)NC(=O)CCc1cccc(N(C(=O)O)c2ccnc(Nc3ccc(N4CCN(C)C(C)C4)c(F)c3)n2)c1. The molecule has 10 nitrogen and oxygen atoms in total. The number of nitrogens with zero attached hydrogens (tertiary/aromatic N) is 5. The van der Waals surface area contributed by atoms with E-state index in [9.17, 15) is 14.7 Å². The van der Waals surface area contributed by atoms with Gasteiger partial charge in [-0.2, -0.15) is 4.98 Å². The van der Waals surface area contributed by atoms with Crippen LogP contribution in [0.5, 0.6) is 0 Å². The summed E-state index contributed by atoms with van der Waals surface area (Å²) in [6.07, 6.45) is 1.83. The highest BCUT2D eigenvalue weighted by Crippen LogP contribution is 2.28. The van der Waals surface area contributed by atoms with E-state index in [1.54, 1.807) is 30.3 Å². The molecule has 4 rings (SSSR count). The molecule has 1 saturated heterocycles. The van der Waals surface area contributed by atoms with Crippen LogP contribution in [0.2, 0.25) is 0 Å².